The molecule has 0 saturated carbocycles. The number of rotatable bonds is 4. The van der Waals surface area contributed by atoms with Crippen LogP contribution in [0.25, 0.3) is 16.9 Å². The number of aromatic nitrogens is 2. The summed E-state index contributed by atoms with van der Waals surface area (Å²) in [7, 11) is -3.23. The summed E-state index contributed by atoms with van der Waals surface area (Å²) in [6.45, 7) is 3.35. The van der Waals surface area contributed by atoms with E-state index in [4.69, 9.17) is 11.6 Å². The molecule has 2 heterocycles. The molecule has 1 saturated heterocycles. The van der Waals surface area contributed by atoms with E-state index in [9.17, 15) is 8.42 Å². The van der Waals surface area contributed by atoms with E-state index in [2.05, 4.69) is 41.1 Å². The van der Waals surface area contributed by atoms with Crippen LogP contribution in [-0.2, 0) is 9.84 Å². The summed E-state index contributed by atoms with van der Waals surface area (Å²) in [5.74, 6) is 0. The molecule has 2 aromatic carbocycles. The predicted octanol–water partition coefficient (Wildman–Crippen LogP) is 4.58. The van der Waals surface area contributed by atoms with Gasteiger partial charge in [-0.3, -0.25) is 4.57 Å². The second kappa shape index (κ2) is 7.26. The van der Waals surface area contributed by atoms with Crippen molar-refractivity contribution in [2.45, 2.75) is 30.7 Å². The molecule has 3 aromatic rings. The van der Waals surface area contributed by atoms with Crippen LogP contribution < -0.4 is 4.90 Å². The van der Waals surface area contributed by atoms with Crippen LogP contribution in [0.3, 0.4) is 0 Å². The molecule has 0 N–H and O–H groups in total. The van der Waals surface area contributed by atoms with Gasteiger partial charge in [-0.2, -0.15) is 0 Å². The number of sulfone groups is 1. The van der Waals surface area contributed by atoms with Crippen LogP contribution in [0.15, 0.2) is 59.8 Å². The minimum Gasteiger partial charge on any atom is -0.369 e. The molecule has 1 aliphatic rings. The fraction of sp³-hybridized carbons (Fsp3) is 0.286. The van der Waals surface area contributed by atoms with E-state index in [-0.39, 0.29) is 4.90 Å². The Labute approximate surface area is 170 Å². The lowest BCUT2D eigenvalue weighted by Crippen LogP contribution is -2.25. The van der Waals surface area contributed by atoms with Crippen LogP contribution in [0.2, 0.25) is 5.15 Å². The zero-order chi connectivity index (χ0) is 19.9. The third-order valence-electron chi connectivity index (χ3n) is 5.29. The van der Waals surface area contributed by atoms with Gasteiger partial charge in [-0.1, -0.05) is 23.7 Å². The largest absolute Gasteiger partial charge is 0.369 e. The molecular weight excluding hydrogens is 394 g/mol. The Bertz CT molecular complexity index is 1090. The summed E-state index contributed by atoms with van der Waals surface area (Å²) in [4.78, 5) is 6.96. The van der Waals surface area contributed by atoms with E-state index < -0.39 is 9.84 Å². The van der Waals surface area contributed by atoms with Crippen molar-refractivity contribution in [2.24, 2.45) is 0 Å². The highest BCUT2D eigenvalue weighted by atomic mass is 35.5. The first-order valence-corrected chi connectivity index (χ1v) is 11.5. The Hall–Kier alpha value is -2.31. The van der Waals surface area contributed by atoms with E-state index in [0.717, 1.165) is 23.5 Å². The van der Waals surface area contributed by atoms with Gasteiger partial charge in [0.2, 0.25) is 0 Å². The lowest BCUT2D eigenvalue weighted by molar-refractivity contribution is 0.602. The molecule has 1 unspecified atom stereocenters. The fourth-order valence-electron chi connectivity index (χ4n) is 3.76. The van der Waals surface area contributed by atoms with Gasteiger partial charge in [-0.25, -0.2) is 13.4 Å². The maximum absolute atomic E-state index is 11.7. The molecule has 1 aliphatic heterocycles. The molecule has 1 atom stereocenters. The van der Waals surface area contributed by atoms with Crippen LogP contribution >= 0.6 is 11.6 Å². The zero-order valence-electron chi connectivity index (χ0n) is 15.8. The van der Waals surface area contributed by atoms with Gasteiger partial charge in [0.15, 0.2) is 15.0 Å². The van der Waals surface area contributed by atoms with Crippen molar-refractivity contribution in [3.05, 3.63) is 60.0 Å². The van der Waals surface area contributed by atoms with Gasteiger partial charge >= 0.3 is 0 Å². The van der Waals surface area contributed by atoms with Crippen molar-refractivity contribution in [1.29, 1.82) is 0 Å². The van der Waals surface area contributed by atoms with Crippen molar-refractivity contribution in [1.82, 2.24) is 9.55 Å². The Kier molecular flexibility index (Phi) is 4.93. The van der Waals surface area contributed by atoms with Crippen LogP contribution in [-0.4, -0.2) is 36.8 Å². The summed E-state index contributed by atoms with van der Waals surface area (Å²) in [5.41, 5.74) is 3.77. The van der Waals surface area contributed by atoms with E-state index in [1.165, 1.54) is 24.8 Å². The third kappa shape index (κ3) is 3.54. The first kappa shape index (κ1) is 19.0. The smallest absolute Gasteiger partial charge is 0.175 e. The van der Waals surface area contributed by atoms with Crippen molar-refractivity contribution in [3.63, 3.8) is 0 Å². The maximum Gasteiger partial charge on any atom is 0.175 e. The molecule has 0 bridgehead atoms. The molecule has 7 heteroatoms. The van der Waals surface area contributed by atoms with E-state index in [1.54, 1.807) is 30.6 Å². The molecule has 4 rings (SSSR count). The van der Waals surface area contributed by atoms with Crippen molar-refractivity contribution in [3.8, 4) is 16.9 Å². The first-order chi connectivity index (χ1) is 13.3. The fourth-order valence-corrected chi connectivity index (χ4v) is 4.64. The highest BCUT2D eigenvalue weighted by molar-refractivity contribution is 7.90. The number of anilines is 1. The number of hydrogen-bond donors (Lipinski definition) is 0. The normalized spacial score (nSPS) is 17.2. The van der Waals surface area contributed by atoms with Gasteiger partial charge in [-0.15, -0.1) is 0 Å². The first-order valence-electron chi connectivity index (χ1n) is 9.25. The third-order valence-corrected chi connectivity index (χ3v) is 6.70. The van der Waals surface area contributed by atoms with Crippen molar-refractivity contribution >= 4 is 27.1 Å². The standard InChI is InChI=1S/C21H22ClN3O2S/c1-15-4-3-13-24(15)17-7-5-16(6-8-17)20-21(22)23-14-25(20)18-9-11-19(12-10-18)28(2,26)27/h5-12,14-15H,3-4,13H2,1-2H3. The quantitative estimate of drug-likeness (QED) is 0.625. The second-order valence-electron chi connectivity index (χ2n) is 7.25. The van der Waals surface area contributed by atoms with E-state index in [0.29, 0.717) is 11.2 Å². The van der Waals surface area contributed by atoms with E-state index in [1.807, 2.05) is 4.57 Å². The number of halogens is 1. The highest BCUT2D eigenvalue weighted by Crippen LogP contribution is 2.32. The lowest BCUT2D eigenvalue weighted by atomic mass is 10.1. The van der Waals surface area contributed by atoms with Gasteiger partial charge in [-0.05, 0) is 56.2 Å². The molecule has 0 aliphatic carbocycles. The number of imidazole rings is 1. The molecule has 146 valence electrons. The Morgan fingerprint density at radius 2 is 1.68 bits per heavy atom. The van der Waals surface area contributed by atoms with Gasteiger partial charge in [0.05, 0.1) is 10.6 Å². The summed E-state index contributed by atoms with van der Waals surface area (Å²) in [6, 6.07) is 15.6. The van der Waals surface area contributed by atoms with Crippen molar-refractivity contribution < 1.29 is 8.42 Å². The number of nitrogens with zero attached hydrogens (tertiary/aromatic N) is 3. The van der Waals surface area contributed by atoms with Gasteiger partial charge in [0, 0.05) is 35.8 Å². The molecule has 0 amide bonds. The maximum atomic E-state index is 11.7. The van der Waals surface area contributed by atoms with Crippen LogP contribution in [0.4, 0.5) is 5.69 Å². The highest BCUT2D eigenvalue weighted by Gasteiger charge is 2.21. The van der Waals surface area contributed by atoms with Crippen molar-refractivity contribution in [2.75, 3.05) is 17.7 Å². The molecule has 5 nitrogen and oxygen atoms in total. The monoisotopic (exact) mass is 415 g/mol. The lowest BCUT2D eigenvalue weighted by Gasteiger charge is -2.24. The predicted molar refractivity (Wildman–Crippen MR) is 113 cm³/mol. The summed E-state index contributed by atoms with van der Waals surface area (Å²) in [5, 5.41) is 0.412. The zero-order valence-corrected chi connectivity index (χ0v) is 17.4. The van der Waals surface area contributed by atoms with Gasteiger partial charge < -0.3 is 4.90 Å². The van der Waals surface area contributed by atoms with Gasteiger partial charge in [0.25, 0.3) is 0 Å². The minimum absolute atomic E-state index is 0.285. The number of hydrogen-bond acceptors (Lipinski definition) is 4. The number of benzene rings is 2. The molecule has 0 radical (unpaired) electrons. The molecule has 1 fully saturated rings. The topological polar surface area (TPSA) is 55.2 Å². The molecular formula is C21H22ClN3O2S. The Morgan fingerprint density at radius 1 is 1.04 bits per heavy atom. The average Bonchev–Trinajstić information content (AvgIpc) is 3.27. The van der Waals surface area contributed by atoms with Crippen LogP contribution in [0.5, 0.6) is 0 Å². The molecule has 1 aromatic heterocycles. The summed E-state index contributed by atoms with van der Waals surface area (Å²) in [6.07, 6.45) is 5.31. The van der Waals surface area contributed by atoms with Crippen LogP contribution in [0.1, 0.15) is 19.8 Å². The second-order valence-corrected chi connectivity index (χ2v) is 9.63. The van der Waals surface area contributed by atoms with Gasteiger partial charge in [0.1, 0.15) is 6.33 Å². The molecule has 0 spiro atoms. The minimum atomic E-state index is -3.23. The van der Waals surface area contributed by atoms with E-state index >= 15 is 0 Å². The SMILES string of the molecule is CC1CCCN1c1ccc(-c2c(Cl)ncn2-c2ccc(S(C)(=O)=O)cc2)cc1. The van der Waals surface area contributed by atoms with Crippen LogP contribution in [0, 0.1) is 0 Å². The Balaban J connectivity index is 1.69. The average molecular weight is 416 g/mol. The summed E-state index contributed by atoms with van der Waals surface area (Å²) >= 11 is 6.39. The molecule has 28 heavy (non-hydrogen) atoms. The Morgan fingerprint density at radius 3 is 2.25 bits per heavy atom. The summed E-state index contributed by atoms with van der Waals surface area (Å²) < 4.78 is 25.3.